The van der Waals surface area contributed by atoms with Crippen molar-refractivity contribution < 1.29 is 9.59 Å². The van der Waals surface area contributed by atoms with Crippen molar-refractivity contribution in [2.75, 3.05) is 0 Å². The average Bonchev–Trinajstić information content (AvgIpc) is 2.69. The van der Waals surface area contributed by atoms with Crippen molar-refractivity contribution in [3.05, 3.63) is 104 Å². The van der Waals surface area contributed by atoms with E-state index in [9.17, 15) is 9.59 Å². The number of benzene rings is 3. The molecule has 3 rings (SSSR count). The van der Waals surface area contributed by atoms with E-state index in [-0.39, 0.29) is 0 Å². The molecule has 0 aromatic heterocycles. The smallest absolute Gasteiger partial charge is 0.253 e. The minimum Gasteiger partial charge on any atom is -0.328 e. The summed E-state index contributed by atoms with van der Waals surface area (Å²) < 4.78 is 0. The van der Waals surface area contributed by atoms with Crippen LogP contribution in [0.2, 0.25) is 20.1 Å². The third kappa shape index (κ3) is 5.64. The normalized spacial score (nSPS) is 10.7. The highest BCUT2D eigenvalue weighted by Gasteiger charge is 2.20. The van der Waals surface area contributed by atoms with E-state index < -0.39 is 18.0 Å². The molecule has 0 unspecified atom stereocenters. The van der Waals surface area contributed by atoms with Gasteiger partial charge in [-0.2, -0.15) is 0 Å². The standard InChI is InChI=1S/C21H14Cl4N2O2/c22-15-5-1-3-13(9-15)20(28)26-19(12-7-8-17(24)18(25)11-12)27-21(29)14-4-2-6-16(23)10-14/h1-11,19H,(H,26,28)(H,27,29). The summed E-state index contributed by atoms with van der Waals surface area (Å²) in [6, 6.07) is 17.8. The molecule has 0 aliphatic rings. The molecular weight excluding hydrogens is 454 g/mol. The van der Waals surface area contributed by atoms with Gasteiger partial charge in [-0.1, -0.05) is 64.6 Å². The van der Waals surface area contributed by atoms with Gasteiger partial charge in [-0.15, -0.1) is 0 Å². The maximum Gasteiger partial charge on any atom is 0.253 e. The molecular formula is C21H14Cl4N2O2. The molecule has 0 spiro atoms. The second-order valence-corrected chi connectivity index (χ2v) is 7.76. The highest BCUT2D eigenvalue weighted by molar-refractivity contribution is 6.42. The molecule has 0 saturated heterocycles. The maximum atomic E-state index is 12.7. The molecule has 0 aliphatic heterocycles. The second kappa shape index (κ2) is 9.51. The van der Waals surface area contributed by atoms with Gasteiger partial charge in [0.05, 0.1) is 10.0 Å². The first-order chi connectivity index (χ1) is 13.8. The van der Waals surface area contributed by atoms with Crippen LogP contribution < -0.4 is 10.6 Å². The Labute approximate surface area is 187 Å². The van der Waals surface area contributed by atoms with E-state index in [2.05, 4.69) is 10.6 Å². The summed E-state index contributed by atoms with van der Waals surface area (Å²) in [4.78, 5) is 25.4. The van der Waals surface area contributed by atoms with Crippen LogP contribution in [0.15, 0.2) is 66.7 Å². The number of rotatable bonds is 5. The summed E-state index contributed by atoms with van der Waals surface area (Å²) >= 11 is 24.0. The molecule has 3 aromatic carbocycles. The van der Waals surface area contributed by atoms with Crippen LogP contribution >= 0.6 is 46.4 Å². The first kappa shape index (κ1) is 21.5. The molecule has 148 valence electrons. The lowest BCUT2D eigenvalue weighted by atomic mass is 10.1. The minimum atomic E-state index is -0.872. The fraction of sp³-hybridized carbons (Fsp3) is 0.0476. The summed E-state index contributed by atoms with van der Waals surface area (Å²) in [7, 11) is 0. The highest BCUT2D eigenvalue weighted by Crippen LogP contribution is 2.25. The Kier molecular flexibility index (Phi) is 7.04. The maximum absolute atomic E-state index is 12.7. The molecule has 0 aliphatic carbocycles. The largest absolute Gasteiger partial charge is 0.328 e. The van der Waals surface area contributed by atoms with Gasteiger partial charge in [0.15, 0.2) is 0 Å². The molecule has 0 heterocycles. The SMILES string of the molecule is O=C(NC(NC(=O)c1cccc(Cl)c1)c1ccc(Cl)c(Cl)c1)c1cccc(Cl)c1. The van der Waals surface area contributed by atoms with E-state index >= 15 is 0 Å². The third-order valence-electron chi connectivity index (χ3n) is 4.00. The lowest BCUT2D eigenvalue weighted by Crippen LogP contribution is -2.41. The van der Waals surface area contributed by atoms with Crippen molar-refractivity contribution in [1.82, 2.24) is 10.6 Å². The molecule has 2 N–H and O–H groups in total. The molecule has 0 radical (unpaired) electrons. The molecule has 0 bridgehead atoms. The van der Waals surface area contributed by atoms with Gasteiger partial charge in [0, 0.05) is 21.2 Å². The molecule has 4 nitrogen and oxygen atoms in total. The lowest BCUT2D eigenvalue weighted by molar-refractivity contribution is 0.0883. The average molecular weight is 468 g/mol. The zero-order valence-electron chi connectivity index (χ0n) is 14.8. The summed E-state index contributed by atoms with van der Waals surface area (Å²) in [5.41, 5.74) is 1.24. The molecule has 3 aromatic rings. The molecule has 0 fully saturated rings. The van der Waals surface area contributed by atoms with Crippen LogP contribution in [-0.2, 0) is 0 Å². The van der Waals surface area contributed by atoms with E-state index in [1.807, 2.05) is 0 Å². The highest BCUT2D eigenvalue weighted by atomic mass is 35.5. The first-order valence-corrected chi connectivity index (χ1v) is 9.92. The molecule has 0 atom stereocenters. The van der Waals surface area contributed by atoms with Crippen LogP contribution in [-0.4, -0.2) is 11.8 Å². The first-order valence-electron chi connectivity index (χ1n) is 8.41. The van der Waals surface area contributed by atoms with E-state index in [1.165, 1.54) is 12.1 Å². The zero-order valence-corrected chi connectivity index (χ0v) is 17.8. The Morgan fingerprint density at radius 3 is 1.62 bits per heavy atom. The molecule has 29 heavy (non-hydrogen) atoms. The Bertz CT molecular complexity index is 1010. The van der Waals surface area contributed by atoms with Gasteiger partial charge >= 0.3 is 0 Å². The number of hydrogen-bond acceptors (Lipinski definition) is 2. The van der Waals surface area contributed by atoms with Gasteiger partial charge in [-0.3, -0.25) is 9.59 Å². The molecule has 8 heteroatoms. The van der Waals surface area contributed by atoms with Crippen molar-refractivity contribution in [3.8, 4) is 0 Å². The van der Waals surface area contributed by atoms with Gasteiger partial charge in [0.25, 0.3) is 11.8 Å². The molecule has 0 saturated carbocycles. The fourth-order valence-electron chi connectivity index (χ4n) is 2.58. The van der Waals surface area contributed by atoms with Gasteiger partial charge in [0.2, 0.25) is 0 Å². The Balaban J connectivity index is 1.89. The van der Waals surface area contributed by atoms with Crippen LogP contribution in [0.25, 0.3) is 0 Å². The van der Waals surface area contributed by atoms with Crippen molar-refractivity contribution >= 4 is 58.2 Å². The number of nitrogens with one attached hydrogen (secondary N) is 2. The van der Waals surface area contributed by atoms with Crippen LogP contribution in [0.4, 0.5) is 0 Å². The summed E-state index contributed by atoms with van der Waals surface area (Å²) in [5, 5.41) is 7.05. The van der Waals surface area contributed by atoms with E-state index in [4.69, 9.17) is 46.4 Å². The van der Waals surface area contributed by atoms with Crippen LogP contribution in [0.1, 0.15) is 32.4 Å². The monoisotopic (exact) mass is 466 g/mol. The Morgan fingerprint density at radius 1 is 0.655 bits per heavy atom. The van der Waals surface area contributed by atoms with E-state index in [1.54, 1.807) is 54.6 Å². The number of halogens is 4. The van der Waals surface area contributed by atoms with Gasteiger partial charge in [0.1, 0.15) is 6.17 Å². The van der Waals surface area contributed by atoms with Crippen LogP contribution in [0.5, 0.6) is 0 Å². The van der Waals surface area contributed by atoms with Gasteiger partial charge < -0.3 is 10.6 Å². The lowest BCUT2D eigenvalue weighted by Gasteiger charge is -2.21. The van der Waals surface area contributed by atoms with Crippen molar-refractivity contribution in [3.63, 3.8) is 0 Å². The zero-order chi connectivity index (χ0) is 21.0. The van der Waals surface area contributed by atoms with Gasteiger partial charge in [-0.25, -0.2) is 0 Å². The minimum absolute atomic E-state index is 0.295. The van der Waals surface area contributed by atoms with Crippen molar-refractivity contribution in [1.29, 1.82) is 0 Å². The summed E-state index contributed by atoms with van der Waals surface area (Å²) in [6.07, 6.45) is -0.872. The number of hydrogen-bond donors (Lipinski definition) is 2. The van der Waals surface area contributed by atoms with E-state index in [0.717, 1.165) is 0 Å². The van der Waals surface area contributed by atoms with E-state index in [0.29, 0.717) is 36.8 Å². The topological polar surface area (TPSA) is 58.2 Å². The number of carbonyl (C=O) groups excluding carboxylic acids is 2. The molecule has 2 amide bonds. The van der Waals surface area contributed by atoms with Crippen molar-refractivity contribution in [2.45, 2.75) is 6.17 Å². The summed E-state index contributed by atoms with van der Waals surface area (Å²) in [5.74, 6) is -0.843. The second-order valence-electron chi connectivity index (χ2n) is 6.07. The number of amides is 2. The van der Waals surface area contributed by atoms with Crippen LogP contribution in [0.3, 0.4) is 0 Å². The predicted molar refractivity (Wildman–Crippen MR) is 117 cm³/mol. The Hall–Kier alpha value is -2.24. The fourth-order valence-corrected chi connectivity index (χ4v) is 3.27. The number of carbonyl (C=O) groups is 2. The van der Waals surface area contributed by atoms with Gasteiger partial charge in [-0.05, 0) is 54.1 Å². The van der Waals surface area contributed by atoms with Crippen LogP contribution in [0, 0.1) is 0 Å². The Morgan fingerprint density at radius 2 is 1.17 bits per heavy atom. The van der Waals surface area contributed by atoms with Crippen molar-refractivity contribution in [2.24, 2.45) is 0 Å². The summed E-state index contributed by atoms with van der Waals surface area (Å²) in [6.45, 7) is 0. The predicted octanol–water partition coefficient (Wildman–Crippen LogP) is 6.16. The quantitative estimate of drug-likeness (QED) is 0.441. The third-order valence-corrected chi connectivity index (χ3v) is 5.21.